The average Bonchev–Trinajstić information content (AvgIpc) is 2.43. The summed E-state index contributed by atoms with van der Waals surface area (Å²) in [7, 11) is 0. The topological polar surface area (TPSA) is 85.1 Å². The number of halogens is 3. The molecule has 108 valence electrons. The number of aromatic nitrogens is 1. The van der Waals surface area contributed by atoms with Crippen LogP contribution in [0.5, 0.6) is 0 Å². The van der Waals surface area contributed by atoms with Crippen molar-refractivity contribution in [1.82, 2.24) is 4.98 Å². The van der Waals surface area contributed by atoms with Crippen LogP contribution >= 0.6 is 11.6 Å². The third kappa shape index (κ3) is 3.29. The molecule has 1 heterocycles. The molecule has 2 rings (SSSR count). The van der Waals surface area contributed by atoms with Crippen LogP contribution in [-0.2, 0) is 0 Å². The van der Waals surface area contributed by atoms with Crippen molar-refractivity contribution >= 4 is 28.9 Å². The molecule has 0 spiro atoms. The number of nitrogens with one attached hydrogen (secondary N) is 1. The number of carbonyl (C=O) groups is 1. The summed E-state index contributed by atoms with van der Waals surface area (Å²) in [6, 6.07) is 3.56. The molecule has 1 amide bonds. The SMILES string of the molecule is O=C(Nc1cc([N+](=O)[O-])cnc1Cl)c1ccc(F)c(F)c1. The van der Waals surface area contributed by atoms with Crippen LogP contribution in [0.2, 0.25) is 5.15 Å². The Labute approximate surface area is 121 Å². The number of pyridine rings is 1. The molecule has 1 aromatic heterocycles. The molecule has 6 nitrogen and oxygen atoms in total. The molecular weight excluding hydrogens is 308 g/mol. The minimum absolute atomic E-state index is 0.111. The molecule has 0 bridgehead atoms. The third-order valence-corrected chi connectivity index (χ3v) is 2.77. The fraction of sp³-hybridized carbons (Fsp3) is 0. The van der Waals surface area contributed by atoms with E-state index in [0.717, 1.165) is 24.4 Å². The van der Waals surface area contributed by atoms with Crippen LogP contribution in [0.3, 0.4) is 0 Å². The average molecular weight is 314 g/mol. The molecule has 0 atom stereocenters. The summed E-state index contributed by atoms with van der Waals surface area (Å²) in [6.07, 6.45) is 0.926. The number of nitrogens with zero attached hydrogens (tertiary/aromatic N) is 2. The van der Waals surface area contributed by atoms with E-state index in [1.807, 2.05) is 0 Å². The first kappa shape index (κ1) is 14.8. The van der Waals surface area contributed by atoms with Gasteiger partial charge in [0.25, 0.3) is 11.6 Å². The van der Waals surface area contributed by atoms with E-state index in [1.54, 1.807) is 0 Å². The lowest BCUT2D eigenvalue weighted by Gasteiger charge is -2.06. The van der Waals surface area contributed by atoms with E-state index in [4.69, 9.17) is 11.6 Å². The molecule has 0 aliphatic rings. The highest BCUT2D eigenvalue weighted by molar-refractivity contribution is 6.32. The van der Waals surface area contributed by atoms with E-state index in [-0.39, 0.29) is 22.1 Å². The lowest BCUT2D eigenvalue weighted by atomic mass is 10.2. The van der Waals surface area contributed by atoms with Gasteiger partial charge in [-0.15, -0.1) is 0 Å². The Balaban J connectivity index is 2.28. The summed E-state index contributed by atoms with van der Waals surface area (Å²) in [4.78, 5) is 25.3. The standard InChI is InChI=1S/C12H6ClF2N3O3/c13-11-10(4-7(5-16-11)18(20)21)17-12(19)6-1-2-8(14)9(15)3-6/h1-5H,(H,17,19). The minimum Gasteiger partial charge on any atom is -0.319 e. The van der Waals surface area contributed by atoms with Gasteiger partial charge in [-0.25, -0.2) is 13.8 Å². The first-order valence-corrected chi connectivity index (χ1v) is 5.82. The molecule has 0 aliphatic heterocycles. The normalized spacial score (nSPS) is 10.2. The Morgan fingerprint density at radius 3 is 2.62 bits per heavy atom. The highest BCUT2D eigenvalue weighted by Crippen LogP contribution is 2.24. The van der Waals surface area contributed by atoms with Gasteiger partial charge in [0.15, 0.2) is 16.8 Å². The number of rotatable bonds is 3. The Kier molecular flexibility index (Phi) is 4.08. The summed E-state index contributed by atoms with van der Waals surface area (Å²) in [5.74, 6) is -3.09. The highest BCUT2D eigenvalue weighted by atomic mass is 35.5. The molecule has 0 fully saturated rings. The smallest absolute Gasteiger partial charge is 0.289 e. The maximum Gasteiger partial charge on any atom is 0.289 e. The summed E-state index contributed by atoms with van der Waals surface area (Å²) in [5.41, 5.74) is -0.656. The van der Waals surface area contributed by atoms with E-state index < -0.39 is 22.5 Å². The maximum absolute atomic E-state index is 13.0. The van der Waals surface area contributed by atoms with Gasteiger partial charge in [0.1, 0.15) is 6.20 Å². The predicted octanol–water partition coefficient (Wildman–Crippen LogP) is 3.17. The van der Waals surface area contributed by atoms with Crippen molar-refractivity contribution in [3.63, 3.8) is 0 Å². The molecule has 0 saturated heterocycles. The predicted molar refractivity (Wildman–Crippen MR) is 70.2 cm³/mol. The maximum atomic E-state index is 13.0. The molecular formula is C12H6ClF2N3O3. The molecule has 0 unspecified atom stereocenters. The second-order valence-corrected chi connectivity index (χ2v) is 4.23. The van der Waals surface area contributed by atoms with E-state index in [2.05, 4.69) is 10.3 Å². The van der Waals surface area contributed by atoms with Gasteiger partial charge in [-0.3, -0.25) is 14.9 Å². The van der Waals surface area contributed by atoms with Gasteiger partial charge in [0.2, 0.25) is 0 Å². The Morgan fingerprint density at radius 2 is 2.00 bits per heavy atom. The van der Waals surface area contributed by atoms with Crippen molar-refractivity contribution in [1.29, 1.82) is 0 Å². The summed E-state index contributed by atoms with van der Waals surface area (Å²) in [6.45, 7) is 0. The first-order valence-electron chi connectivity index (χ1n) is 5.45. The van der Waals surface area contributed by atoms with Gasteiger partial charge < -0.3 is 5.32 Å². The van der Waals surface area contributed by atoms with Gasteiger partial charge in [0.05, 0.1) is 10.6 Å². The van der Waals surface area contributed by atoms with Crippen LogP contribution in [0.4, 0.5) is 20.2 Å². The minimum atomic E-state index is -1.19. The molecule has 0 aliphatic carbocycles. The molecule has 1 aromatic carbocycles. The fourth-order valence-corrected chi connectivity index (χ4v) is 1.61. The van der Waals surface area contributed by atoms with Gasteiger partial charge in [-0.2, -0.15) is 0 Å². The zero-order valence-corrected chi connectivity index (χ0v) is 10.9. The third-order valence-electron chi connectivity index (χ3n) is 2.47. The van der Waals surface area contributed by atoms with Gasteiger partial charge >= 0.3 is 0 Å². The van der Waals surface area contributed by atoms with E-state index in [9.17, 15) is 23.7 Å². The second kappa shape index (κ2) is 5.80. The van der Waals surface area contributed by atoms with Crippen molar-refractivity contribution in [2.24, 2.45) is 0 Å². The Morgan fingerprint density at radius 1 is 1.29 bits per heavy atom. The lowest BCUT2D eigenvalue weighted by Crippen LogP contribution is -2.13. The number of carbonyl (C=O) groups excluding carboxylic acids is 1. The van der Waals surface area contributed by atoms with Crippen molar-refractivity contribution in [2.75, 3.05) is 5.32 Å². The second-order valence-electron chi connectivity index (χ2n) is 3.87. The van der Waals surface area contributed by atoms with E-state index in [1.165, 1.54) is 0 Å². The van der Waals surface area contributed by atoms with Crippen molar-refractivity contribution in [3.05, 3.63) is 62.9 Å². The van der Waals surface area contributed by atoms with Crippen LogP contribution in [-0.4, -0.2) is 15.8 Å². The summed E-state index contributed by atoms with van der Waals surface area (Å²) >= 11 is 5.71. The molecule has 1 N–H and O–H groups in total. The largest absolute Gasteiger partial charge is 0.319 e. The number of anilines is 1. The van der Waals surface area contributed by atoms with Crippen LogP contribution in [0.1, 0.15) is 10.4 Å². The van der Waals surface area contributed by atoms with E-state index in [0.29, 0.717) is 6.07 Å². The monoisotopic (exact) mass is 313 g/mol. The Bertz CT molecular complexity index is 740. The number of hydrogen-bond acceptors (Lipinski definition) is 4. The van der Waals surface area contributed by atoms with Crippen LogP contribution in [0, 0.1) is 21.7 Å². The number of amides is 1. The zero-order chi connectivity index (χ0) is 15.6. The Hall–Kier alpha value is -2.61. The van der Waals surface area contributed by atoms with Crippen LogP contribution < -0.4 is 5.32 Å². The molecule has 0 saturated carbocycles. The van der Waals surface area contributed by atoms with Crippen LogP contribution in [0.15, 0.2) is 30.5 Å². The summed E-state index contributed by atoms with van der Waals surface area (Å²) < 4.78 is 25.8. The molecule has 2 aromatic rings. The fourth-order valence-electron chi connectivity index (χ4n) is 1.46. The first-order chi connectivity index (χ1) is 9.88. The highest BCUT2D eigenvalue weighted by Gasteiger charge is 2.15. The molecule has 9 heteroatoms. The van der Waals surface area contributed by atoms with Gasteiger partial charge in [-0.1, -0.05) is 11.6 Å². The zero-order valence-electron chi connectivity index (χ0n) is 10.1. The summed E-state index contributed by atoms with van der Waals surface area (Å²) in [5, 5.41) is 12.7. The molecule has 0 radical (unpaired) electrons. The number of hydrogen-bond donors (Lipinski definition) is 1. The van der Waals surface area contributed by atoms with E-state index >= 15 is 0 Å². The van der Waals surface area contributed by atoms with Crippen molar-refractivity contribution in [3.8, 4) is 0 Å². The van der Waals surface area contributed by atoms with Gasteiger partial charge in [0, 0.05) is 11.6 Å². The van der Waals surface area contributed by atoms with Gasteiger partial charge in [-0.05, 0) is 18.2 Å². The van der Waals surface area contributed by atoms with Crippen LogP contribution in [0.25, 0.3) is 0 Å². The number of benzene rings is 1. The molecule has 21 heavy (non-hydrogen) atoms. The quantitative estimate of drug-likeness (QED) is 0.536. The lowest BCUT2D eigenvalue weighted by molar-refractivity contribution is -0.385. The van der Waals surface area contributed by atoms with Crippen molar-refractivity contribution < 1.29 is 18.5 Å². The van der Waals surface area contributed by atoms with Crippen molar-refractivity contribution in [2.45, 2.75) is 0 Å². The number of nitro groups is 1.